The molecule has 3 aromatic rings. The Morgan fingerprint density at radius 2 is 1.78 bits per heavy atom. The molecular weight excluding hydrogens is 344 g/mol. The standard InChI is InChI=1S/C17H16N2OS3/c1-13-18-14(12-23-13)6-7-17(20)19(10-15-4-2-8-21-15)11-16-5-3-9-22-16/h2-9,12H,10-11H2,1H3/b7-6+. The van der Waals surface area contributed by atoms with Crippen LogP contribution in [-0.4, -0.2) is 15.8 Å². The van der Waals surface area contributed by atoms with E-state index in [1.165, 1.54) is 9.75 Å². The van der Waals surface area contributed by atoms with Crippen molar-refractivity contribution >= 4 is 46.0 Å². The predicted molar refractivity (Wildman–Crippen MR) is 98.8 cm³/mol. The SMILES string of the molecule is Cc1nc(/C=C/C(=O)N(Cc2cccs2)Cc2cccs2)cs1. The fourth-order valence-electron chi connectivity index (χ4n) is 2.11. The highest BCUT2D eigenvalue weighted by atomic mass is 32.1. The molecule has 3 heterocycles. The molecule has 0 radical (unpaired) electrons. The largest absolute Gasteiger partial charge is 0.329 e. The maximum Gasteiger partial charge on any atom is 0.247 e. The van der Waals surface area contributed by atoms with Crippen LogP contribution in [0, 0.1) is 6.92 Å². The number of hydrogen-bond donors (Lipinski definition) is 0. The first-order valence-electron chi connectivity index (χ1n) is 7.14. The van der Waals surface area contributed by atoms with Crippen molar-refractivity contribution in [3.05, 3.63) is 66.9 Å². The van der Waals surface area contributed by atoms with Gasteiger partial charge in [-0.3, -0.25) is 4.79 Å². The first-order valence-corrected chi connectivity index (χ1v) is 9.78. The van der Waals surface area contributed by atoms with Gasteiger partial charge in [0.15, 0.2) is 0 Å². The first-order chi connectivity index (χ1) is 11.2. The zero-order valence-electron chi connectivity index (χ0n) is 12.6. The molecule has 0 atom stereocenters. The molecule has 0 aliphatic rings. The minimum absolute atomic E-state index is 0.0115. The summed E-state index contributed by atoms with van der Waals surface area (Å²) in [6, 6.07) is 8.16. The molecule has 0 aliphatic heterocycles. The Morgan fingerprint density at radius 3 is 2.26 bits per heavy atom. The van der Waals surface area contributed by atoms with Gasteiger partial charge in [-0.25, -0.2) is 4.98 Å². The normalized spacial score (nSPS) is 11.2. The Kier molecular flexibility index (Phi) is 5.38. The molecule has 0 spiro atoms. The van der Waals surface area contributed by atoms with Crippen LogP contribution in [0.4, 0.5) is 0 Å². The number of hydrogen-bond acceptors (Lipinski definition) is 5. The molecule has 23 heavy (non-hydrogen) atoms. The number of amides is 1. The molecule has 0 bridgehead atoms. The fraction of sp³-hybridized carbons (Fsp3) is 0.176. The lowest BCUT2D eigenvalue weighted by molar-refractivity contribution is -0.127. The van der Waals surface area contributed by atoms with Crippen molar-refractivity contribution in [2.24, 2.45) is 0 Å². The van der Waals surface area contributed by atoms with Gasteiger partial charge in [-0.2, -0.15) is 0 Å². The zero-order chi connectivity index (χ0) is 16.1. The number of nitrogens with zero attached hydrogens (tertiary/aromatic N) is 2. The molecule has 3 rings (SSSR count). The minimum Gasteiger partial charge on any atom is -0.329 e. The van der Waals surface area contributed by atoms with E-state index in [0.717, 1.165) is 10.7 Å². The lowest BCUT2D eigenvalue weighted by Crippen LogP contribution is -2.27. The van der Waals surface area contributed by atoms with Crippen molar-refractivity contribution in [3.63, 3.8) is 0 Å². The number of carbonyl (C=O) groups is 1. The highest BCUT2D eigenvalue weighted by Gasteiger charge is 2.13. The van der Waals surface area contributed by atoms with E-state index >= 15 is 0 Å². The van der Waals surface area contributed by atoms with Crippen molar-refractivity contribution in [2.45, 2.75) is 20.0 Å². The fourth-order valence-corrected chi connectivity index (χ4v) is 4.13. The van der Waals surface area contributed by atoms with E-state index in [-0.39, 0.29) is 5.91 Å². The molecule has 3 aromatic heterocycles. The summed E-state index contributed by atoms with van der Waals surface area (Å²) >= 11 is 4.94. The lowest BCUT2D eigenvalue weighted by Gasteiger charge is -2.19. The van der Waals surface area contributed by atoms with Crippen LogP contribution in [0.25, 0.3) is 6.08 Å². The van der Waals surface area contributed by atoms with Crippen LogP contribution in [0.2, 0.25) is 0 Å². The van der Waals surface area contributed by atoms with Crippen LogP contribution in [0.3, 0.4) is 0 Å². The van der Waals surface area contributed by atoms with Crippen LogP contribution < -0.4 is 0 Å². The number of aryl methyl sites for hydroxylation is 1. The third-order valence-electron chi connectivity index (χ3n) is 3.20. The van der Waals surface area contributed by atoms with Gasteiger partial charge in [0.1, 0.15) is 0 Å². The molecule has 3 nitrogen and oxygen atoms in total. The topological polar surface area (TPSA) is 33.2 Å². The molecule has 118 valence electrons. The zero-order valence-corrected chi connectivity index (χ0v) is 15.1. The predicted octanol–water partition coefficient (Wildman–Crippen LogP) is 4.82. The number of thiophene rings is 2. The second-order valence-electron chi connectivity index (χ2n) is 4.98. The van der Waals surface area contributed by atoms with E-state index in [4.69, 9.17) is 0 Å². The van der Waals surface area contributed by atoms with Gasteiger partial charge in [-0.15, -0.1) is 34.0 Å². The van der Waals surface area contributed by atoms with E-state index < -0.39 is 0 Å². The Balaban J connectivity index is 1.73. The summed E-state index contributed by atoms with van der Waals surface area (Å²) in [5, 5.41) is 7.04. The number of rotatable bonds is 6. The Labute approximate surface area is 147 Å². The van der Waals surface area contributed by atoms with Crippen LogP contribution in [0.5, 0.6) is 0 Å². The van der Waals surface area contributed by atoms with Gasteiger partial charge in [0, 0.05) is 21.2 Å². The first kappa shape index (κ1) is 16.1. The second kappa shape index (κ2) is 7.68. The van der Waals surface area contributed by atoms with Crippen molar-refractivity contribution in [3.8, 4) is 0 Å². The third kappa shape index (κ3) is 4.60. The van der Waals surface area contributed by atoms with E-state index in [0.29, 0.717) is 13.1 Å². The molecule has 6 heteroatoms. The van der Waals surface area contributed by atoms with Crippen LogP contribution in [0.15, 0.2) is 46.5 Å². The Hall–Kier alpha value is -1.76. The maximum absolute atomic E-state index is 12.6. The maximum atomic E-state index is 12.6. The van der Waals surface area contributed by atoms with E-state index in [1.54, 1.807) is 46.2 Å². The summed E-state index contributed by atoms with van der Waals surface area (Å²) in [6.07, 6.45) is 3.41. The molecule has 0 saturated heterocycles. The highest BCUT2D eigenvalue weighted by Crippen LogP contribution is 2.18. The molecule has 1 amide bonds. The van der Waals surface area contributed by atoms with Gasteiger partial charge in [-0.05, 0) is 35.9 Å². The third-order valence-corrected chi connectivity index (χ3v) is 5.71. The molecule has 0 N–H and O–H groups in total. The van der Waals surface area contributed by atoms with Gasteiger partial charge in [0.25, 0.3) is 0 Å². The van der Waals surface area contributed by atoms with Crippen molar-refractivity contribution in [1.82, 2.24) is 9.88 Å². The molecule has 0 saturated carbocycles. The second-order valence-corrected chi connectivity index (χ2v) is 8.10. The highest BCUT2D eigenvalue weighted by molar-refractivity contribution is 7.10. The summed E-state index contributed by atoms with van der Waals surface area (Å²) in [5.41, 5.74) is 0.841. The number of carbonyl (C=O) groups excluding carboxylic acids is 1. The van der Waals surface area contributed by atoms with E-state index in [2.05, 4.69) is 17.1 Å². The summed E-state index contributed by atoms with van der Waals surface area (Å²) < 4.78 is 0. The van der Waals surface area contributed by atoms with E-state index in [1.807, 2.05) is 40.1 Å². The Morgan fingerprint density at radius 1 is 1.13 bits per heavy atom. The summed E-state index contributed by atoms with van der Waals surface area (Å²) in [6.45, 7) is 3.23. The quantitative estimate of drug-likeness (QED) is 0.591. The number of thiazole rings is 1. The van der Waals surface area contributed by atoms with E-state index in [9.17, 15) is 4.79 Å². The average Bonchev–Trinajstić information content (AvgIpc) is 3.27. The molecule has 0 fully saturated rings. The van der Waals surface area contributed by atoms with Gasteiger partial charge >= 0.3 is 0 Å². The lowest BCUT2D eigenvalue weighted by atomic mass is 10.3. The smallest absolute Gasteiger partial charge is 0.247 e. The van der Waals surface area contributed by atoms with Crippen LogP contribution in [0.1, 0.15) is 20.5 Å². The minimum atomic E-state index is 0.0115. The van der Waals surface area contributed by atoms with Gasteiger partial charge < -0.3 is 4.90 Å². The summed E-state index contributed by atoms with van der Waals surface area (Å²) in [5.74, 6) is 0.0115. The van der Waals surface area contributed by atoms with Gasteiger partial charge in [0.2, 0.25) is 5.91 Å². The van der Waals surface area contributed by atoms with Crippen LogP contribution >= 0.6 is 34.0 Å². The number of aromatic nitrogens is 1. The molecule has 0 aliphatic carbocycles. The van der Waals surface area contributed by atoms with Crippen molar-refractivity contribution < 1.29 is 4.79 Å². The molecular formula is C17H16N2OS3. The van der Waals surface area contributed by atoms with Crippen molar-refractivity contribution in [2.75, 3.05) is 0 Å². The molecule has 0 aromatic carbocycles. The summed E-state index contributed by atoms with van der Waals surface area (Å²) in [7, 11) is 0. The van der Waals surface area contributed by atoms with Crippen molar-refractivity contribution in [1.29, 1.82) is 0 Å². The van der Waals surface area contributed by atoms with Crippen LogP contribution in [-0.2, 0) is 17.9 Å². The summed E-state index contributed by atoms with van der Waals surface area (Å²) in [4.78, 5) is 21.2. The monoisotopic (exact) mass is 360 g/mol. The van der Waals surface area contributed by atoms with Gasteiger partial charge in [-0.1, -0.05) is 12.1 Å². The van der Waals surface area contributed by atoms with Gasteiger partial charge in [0.05, 0.1) is 23.8 Å². The molecule has 0 unspecified atom stereocenters. The Bertz CT molecular complexity index is 736. The average molecular weight is 361 g/mol.